The van der Waals surface area contributed by atoms with Crippen LogP contribution < -0.4 is 4.74 Å². The predicted octanol–water partition coefficient (Wildman–Crippen LogP) is 3.61. The molecule has 1 aromatic carbocycles. The Morgan fingerprint density at radius 1 is 1.33 bits per heavy atom. The predicted molar refractivity (Wildman–Crippen MR) is 103 cm³/mol. The van der Waals surface area contributed by atoms with E-state index in [1.165, 1.54) is 3.57 Å². The zero-order chi connectivity index (χ0) is 17.7. The molecule has 0 bridgehead atoms. The van der Waals surface area contributed by atoms with Crippen LogP contribution in [0.25, 0.3) is 0 Å². The van der Waals surface area contributed by atoms with Crippen LogP contribution in [0.5, 0.6) is 5.75 Å². The highest BCUT2D eigenvalue weighted by Crippen LogP contribution is 2.16. The normalized spacial score (nSPS) is 19.2. The van der Waals surface area contributed by atoms with Crippen molar-refractivity contribution < 1.29 is 14.3 Å². The molecule has 6 heteroatoms. The molecule has 0 radical (unpaired) electrons. The van der Waals surface area contributed by atoms with Crippen LogP contribution >= 0.6 is 22.6 Å². The van der Waals surface area contributed by atoms with Gasteiger partial charge in [-0.05, 0) is 68.5 Å². The zero-order valence-corrected chi connectivity index (χ0v) is 17.1. The fourth-order valence-electron chi connectivity index (χ4n) is 2.66. The summed E-state index contributed by atoms with van der Waals surface area (Å²) in [5, 5.41) is 0. The van der Waals surface area contributed by atoms with Crippen molar-refractivity contribution in [2.45, 2.75) is 39.3 Å². The van der Waals surface area contributed by atoms with Crippen LogP contribution in [0.2, 0.25) is 0 Å². The number of hydrogen-bond acceptors (Lipinski definition) is 4. The van der Waals surface area contributed by atoms with Crippen LogP contribution in [0, 0.1) is 3.57 Å². The maximum absolute atomic E-state index is 12.2. The summed E-state index contributed by atoms with van der Waals surface area (Å²) < 4.78 is 12.5. The van der Waals surface area contributed by atoms with Gasteiger partial charge in [0.2, 0.25) is 0 Å². The first kappa shape index (κ1) is 19.3. The summed E-state index contributed by atoms with van der Waals surface area (Å²) >= 11 is 2.28. The number of ether oxygens (including phenoxy) is 2. The molecule has 1 fully saturated rings. The van der Waals surface area contributed by atoms with Gasteiger partial charge in [0.15, 0.2) is 0 Å². The van der Waals surface area contributed by atoms with E-state index in [9.17, 15) is 4.79 Å². The van der Waals surface area contributed by atoms with Crippen LogP contribution in [0.1, 0.15) is 27.7 Å². The molecule has 1 aliphatic heterocycles. The van der Waals surface area contributed by atoms with Crippen molar-refractivity contribution in [3.63, 3.8) is 0 Å². The number of hydrogen-bond donors (Lipinski definition) is 0. The summed E-state index contributed by atoms with van der Waals surface area (Å²) in [4.78, 5) is 16.3. The van der Waals surface area contributed by atoms with Crippen molar-refractivity contribution in [2.75, 3.05) is 32.8 Å². The fraction of sp³-hybridized carbons (Fsp3) is 0.611. The SMILES string of the molecule is CC1CN(C(=O)OC(C)(C)C)CCN1CCOc1cccc(I)c1. The van der Waals surface area contributed by atoms with E-state index in [1.54, 1.807) is 4.90 Å². The highest BCUT2D eigenvalue weighted by Gasteiger charge is 2.29. The summed E-state index contributed by atoms with van der Waals surface area (Å²) in [6.07, 6.45) is -0.218. The van der Waals surface area contributed by atoms with Gasteiger partial charge in [0.05, 0.1) is 0 Å². The molecule has 0 spiro atoms. The first-order valence-corrected chi connectivity index (χ1v) is 9.43. The molecule has 1 aliphatic rings. The third-order valence-corrected chi connectivity index (χ3v) is 4.53. The minimum atomic E-state index is -0.446. The van der Waals surface area contributed by atoms with E-state index >= 15 is 0 Å². The van der Waals surface area contributed by atoms with Gasteiger partial charge in [-0.2, -0.15) is 0 Å². The van der Waals surface area contributed by atoms with Crippen LogP contribution in [0.4, 0.5) is 4.79 Å². The Bertz CT molecular complexity index is 559. The van der Waals surface area contributed by atoms with E-state index in [2.05, 4.69) is 34.4 Å². The highest BCUT2D eigenvalue weighted by molar-refractivity contribution is 14.1. The van der Waals surface area contributed by atoms with Crippen molar-refractivity contribution in [3.05, 3.63) is 27.8 Å². The Hall–Kier alpha value is -1.02. The molecule has 1 heterocycles. The van der Waals surface area contributed by atoms with Gasteiger partial charge in [0.25, 0.3) is 0 Å². The molecule has 0 aromatic heterocycles. The second kappa shape index (κ2) is 8.38. The minimum Gasteiger partial charge on any atom is -0.492 e. The molecule has 1 saturated heterocycles. The lowest BCUT2D eigenvalue weighted by molar-refractivity contribution is 0.00430. The molecule has 0 N–H and O–H groups in total. The molecule has 1 unspecified atom stereocenters. The molecule has 134 valence electrons. The average Bonchev–Trinajstić information content (AvgIpc) is 2.47. The number of halogens is 1. The number of carbonyl (C=O) groups is 1. The second-order valence-corrected chi connectivity index (χ2v) is 8.36. The number of benzene rings is 1. The molecule has 5 nitrogen and oxygen atoms in total. The molecular formula is C18H27IN2O3. The molecule has 2 rings (SSSR count). The van der Waals surface area contributed by atoms with Crippen LogP contribution in [0.15, 0.2) is 24.3 Å². The van der Waals surface area contributed by atoms with Gasteiger partial charge in [-0.1, -0.05) is 6.07 Å². The number of rotatable bonds is 4. The summed E-state index contributed by atoms with van der Waals surface area (Å²) in [5.74, 6) is 0.905. The van der Waals surface area contributed by atoms with Crippen molar-refractivity contribution in [1.29, 1.82) is 0 Å². The molecular weight excluding hydrogens is 419 g/mol. The van der Waals surface area contributed by atoms with E-state index in [-0.39, 0.29) is 6.09 Å². The third kappa shape index (κ3) is 6.12. The van der Waals surface area contributed by atoms with E-state index in [0.717, 1.165) is 18.8 Å². The van der Waals surface area contributed by atoms with Gasteiger partial charge in [0, 0.05) is 35.8 Å². The van der Waals surface area contributed by atoms with Gasteiger partial charge >= 0.3 is 6.09 Å². The van der Waals surface area contributed by atoms with Gasteiger partial charge in [-0.25, -0.2) is 4.79 Å². The molecule has 24 heavy (non-hydrogen) atoms. The molecule has 0 aliphatic carbocycles. The van der Waals surface area contributed by atoms with Crippen molar-refractivity contribution in [1.82, 2.24) is 9.80 Å². The van der Waals surface area contributed by atoms with Gasteiger partial charge in [-0.3, -0.25) is 4.90 Å². The van der Waals surface area contributed by atoms with Gasteiger partial charge < -0.3 is 14.4 Å². The quantitative estimate of drug-likeness (QED) is 0.663. The van der Waals surface area contributed by atoms with Gasteiger partial charge in [0.1, 0.15) is 18.0 Å². The average molecular weight is 446 g/mol. The summed E-state index contributed by atoms with van der Waals surface area (Å²) in [6, 6.07) is 8.35. The summed E-state index contributed by atoms with van der Waals surface area (Å²) in [5.41, 5.74) is -0.446. The van der Waals surface area contributed by atoms with Gasteiger partial charge in [-0.15, -0.1) is 0 Å². The molecule has 1 amide bonds. The minimum absolute atomic E-state index is 0.218. The Kier molecular flexibility index (Phi) is 6.74. The number of nitrogens with zero attached hydrogens (tertiary/aromatic N) is 2. The highest BCUT2D eigenvalue weighted by atomic mass is 127. The van der Waals surface area contributed by atoms with E-state index < -0.39 is 5.60 Å². The number of amides is 1. The Morgan fingerprint density at radius 2 is 2.08 bits per heavy atom. The standard InChI is InChI=1S/C18H27IN2O3/c1-14-13-21(17(22)24-18(2,3)4)9-8-20(14)10-11-23-16-7-5-6-15(19)12-16/h5-7,12,14H,8-11,13H2,1-4H3. The largest absolute Gasteiger partial charge is 0.492 e. The monoisotopic (exact) mass is 446 g/mol. The third-order valence-electron chi connectivity index (χ3n) is 3.86. The molecule has 1 atom stereocenters. The number of piperazine rings is 1. The smallest absolute Gasteiger partial charge is 0.410 e. The van der Waals surface area contributed by atoms with E-state index in [4.69, 9.17) is 9.47 Å². The van der Waals surface area contributed by atoms with Crippen LogP contribution in [-0.4, -0.2) is 60.3 Å². The second-order valence-electron chi connectivity index (χ2n) is 7.12. The zero-order valence-electron chi connectivity index (χ0n) is 14.9. The molecule has 1 aromatic rings. The van der Waals surface area contributed by atoms with Crippen LogP contribution in [0.3, 0.4) is 0 Å². The lowest BCUT2D eigenvalue weighted by atomic mass is 10.2. The Morgan fingerprint density at radius 3 is 2.71 bits per heavy atom. The maximum atomic E-state index is 12.2. The summed E-state index contributed by atoms with van der Waals surface area (Å²) in [6.45, 7) is 11.6. The molecule has 0 saturated carbocycles. The maximum Gasteiger partial charge on any atom is 0.410 e. The van der Waals surface area contributed by atoms with Crippen molar-refractivity contribution in [3.8, 4) is 5.75 Å². The van der Waals surface area contributed by atoms with Crippen LogP contribution in [-0.2, 0) is 4.74 Å². The number of carbonyl (C=O) groups excluding carboxylic acids is 1. The topological polar surface area (TPSA) is 42.0 Å². The first-order valence-electron chi connectivity index (χ1n) is 8.35. The lowest BCUT2D eigenvalue weighted by Crippen LogP contribution is -2.55. The first-order chi connectivity index (χ1) is 11.2. The van der Waals surface area contributed by atoms with E-state index in [0.29, 0.717) is 25.7 Å². The van der Waals surface area contributed by atoms with Crippen molar-refractivity contribution in [2.24, 2.45) is 0 Å². The Labute approximate surface area is 158 Å². The van der Waals surface area contributed by atoms with Crippen molar-refractivity contribution >= 4 is 28.7 Å². The summed E-state index contributed by atoms with van der Waals surface area (Å²) in [7, 11) is 0. The fourth-order valence-corrected chi connectivity index (χ4v) is 3.17. The Balaban J connectivity index is 1.76. The lowest BCUT2D eigenvalue weighted by Gasteiger charge is -2.40. The van der Waals surface area contributed by atoms with E-state index in [1.807, 2.05) is 45.0 Å².